The first kappa shape index (κ1) is 19.9. The number of aromatic nitrogens is 1. The van der Waals surface area contributed by atoms with Gasteiger partial charge in [-0.2, -0.15) is 0 Å². The van der Waals surface area contributed by atoms with Gasteiger partial charge < -0.3 is 4.90 Å². The Balaban J connectivity index is 1.39. The Labute approximate surface area is 190 Å². The van der Waals surface area contributed by atoms with Gasteiger partial charge in [-0.1, -0.05) is 66.7 Å². The van der Waals surface area contributed by atoms with Gasteiger partial charge in [0.25, 0.3) is 0 Å². The maximum atomic E-state index is 12.6. The summed E-state index contributed by atoms with van der Waals surface area (Å²) in [5.74, 6) is -0.0783. The topological polar surface area (TPSA) is 33.2 Å². The fourth-order valence-corrected chi connectivity index (χ4v) is 4.44. The molecule has 0 fully saturated rings. The van der Waals surface area contributed by atoms with Crippen LogP contribution in [-0.2, 0) is 0 Å². The lowest BCUT2D eigenvalue weighted by Crippen LogP contribution is -2.09. The fraction of sp³-hybridized carbons (Fsp3) is 0. The van der Waals surface area contributed by atoms with Crippen molar-refractivity contribution in [2.75, 3.05) is 4.90 Å². The van der Waals surface area contributed by atoms with Gasteiger partial charge in [0.05, 0.1) is 10.2 Å². The van der Waals surface area contributed by atoms with Gasteiger partial charge in [0.2, 0.25) is 5.78 Å². The first-order valence-corrected chi connectivity index (χ1v) is 11.2. The number of rotatable bonds is 6. The summed E-state index contributed by atoms with van der Waals surface area (Å²) in [4.78, 5) is 19.2. The highest BCUT2D eigenvalue weighted by molar-refractivity contribution is 7.20. The van der Waals surface area contributed by atoms with Crippen molar-refractivity contribution in [1.29, 1.82) is 0 Å². The van der Waals surface area contributed by atoms with Crippen molar-refractivity contribution >= 4 is 50.5 Å². The number of benzene rings is 4. The summed E-state index contributed by atoms with van der Waals surface area (Å²) in [5.41, 5.74) is 5.06. The highest BCUT2D eigenvalue weighted by Crippen LogP contribution is 2.34. The second-order valence-corrected chi connectivity index (χ2v) is 8.31. The number of ketones is 1. The van der Waals surface area contributed by atoms with Crippen molar-refractivity contribution in [2.24, 2.45) is 0 Å². The largest absolute Gasteiger partial charge is 0.311 e. The van der Waals surface area contributed by atoms with Crippen LogP contribution in [0, 0.1) is 0 Å². The molecule has 0 unspecified atom stereocenters. The van der Waals surface area contributed by atoms with E-state index in [2.05, 4.69) is 46.3 Å². The van der Waals surface area contributed by atoms with E-state index in [4.69, 9.17) is 0 Å². The quantitative estimate of drug-likeness (QED) is 0.204. The Morgan fingerprint density at radius 2 is 1.25 bits per heavy atom. The number of hydrogen-bond donors (Lipinski definition) is 0. The number of thiazole rings is 1. The molecule has 0 saturated heterocycles. The Morgan fingerprint density at radius 3 is 1.88 bits per heavy atom. The number of fused-ring (bicyclic) bond motifs is 1. The summed E-state index contributed by atoms with van der Waals surface area (Å²) >= 11 is 1.42. The van der Waals surface area contributed by atoms with Gasteiger partial charge >= 0.3 is 0 Å². The number of allylic oxidation sites excluding steroid dienone is 1. The molecule has 4 heteroatoms. The van der Waals surface area contributed by atoms with E-state index in [0.717, 1.165) is 32.8 Å². The number of hydrogen-bond acceptors (Lipinski definition) is 4. The molecule has 0 N–H and O–H groups in total. The predicted molar refractivity (Wildman–Crippen MR) is 134 cm³/mol. The van der Waals surface area contributed by atoms with Gasteiger partial charge in [-0.25, -0.2) is 4.98 Å². The van der Waals surface area contributed by atoms with Gasteiger partial charge in [-0.3, -0.25) is 4.79 Å². The maximum Gasteiger partial charge on any atom is 0.214 e. The van der Waals surface area contributed by atoms with Crippen molar-refractivity contribution in [3.05, 3.63) is 126 Å². The van der Waals surface area contributed by atoms with Crippen molar-refractivity contribution in [3.8, 4) is 0 Å². The van der Waals surface area contributed by atoms with E-state index < -0.39 is 0 Å². The monoisotopic (exact) mass is 432 g/mol. The van der Waals surface area contributed by atoms with Crippen LogP contribution in [0.4, 0.5) is 17.1 Å². The van der Waals surface area contributed by atoms with Crippen LogP contribution in [0.5, 0.6) is 0 Å². The Hall–Kier alpha value is -4.02. The van der Waals surface area contributed by atoms with Crippen molar-refractivity contribution < 1.29 is 4.79 Å². The lowest BCUT2D eigenvalue weighted by molar-refractivity contribution is 0.104. The number of carbonyl (C=O) groups excluding carboxylic acids is 1. The van der Waals surface area contributed by atoms with Crippen LogP contribution in [0.1, 0.15) is 15.4 Å². The van der Waals surface area contributed by atoms with Crippen LogP contribution in [-0.4, -0.2) is 10.8 Å². The van der Waals surface area contributed by atoms with Crippen LogP contribution in [0.2, 0.25) is 0 Å². The van der Waals surface area contributed by atoms with Crippen molar-refractivity contribution in [1.82, 2.24) is 4.98 Å². The minimum absolute atomic E-state index is 0.0783. The van der Waals surface area contributed by atoms with Crippen molar-refractivity contribution in [2.45, 2.75) is 0 Å². The molecule has 4 aromatic carbocycles. The maximum absolute atomic E-state index is 12.6. The minimum atomic E-state index is -0.0783. The van der Waals surface area contributed by atoms with E-state index in [-0.39, 0.29) is 5.78 Å². The van der Waals surface area contributed by atoms with Crippen LogP contribution in [0.15, 0.2) is 115 Å². The summed E-state index contributed by atoms with van der Waals surface area (Å²) in [6.45, 7) is 0. The lowest BCUT2D eigenvalue weighted by atomic mass is 10.1. The zero-order chi connectivity index (χ0) is 21.8. The Kier molecular flexibility index (Phi) is 5.60. The highest BCUT2D eigenvalue weighted by atomic mass is 32.1. The molecule has 5 aromatic rings. The molecule has 0 aliphatic carbocycles. The molecule has 1 aromatic heterocycles. The van der Waals surface area contributed by atoms with E-state index in [1.54, 1.807) is 6.08 Å². The molecule has 154 valence electrons. The van der Waals surface area contributed by atoms with Gasteiger partial charge in [-0.05, 0) is 60.2 Å². The number of carbonyl (C=O) groups is 1. The molecular formula is C28H20N2OS. The predicted octanol–water partition coefficient (Wildman–Crippen LogP) is 7.66. The molecule has 0 radical (unpaired) electrons. The van der Waals surface area contributed by atoms with E-state index in [0.29, 0.717) is 5.01 Å². The molecule has 0 aliphatic heterocycles. The molecule has 1 heterocycles. The summed E-state index contributed by atoms with van der Waals surface area (Å²) in [5, 5.41) is 0.512. The first-order valence-electron chi connectivity index (χ1n) is 10.4. The molecule has 0 bridgehead atoms. The average molecular weight is 433 g/mol. The third-order valence-corrected chi connectivity index (χ3v) is 6.16. The molecule has 5 rings (SSSR count). The number of para-hydroxylation sites is 3. The summed E-state index contributed by atoms with van der Waals surface area (Å²) in [6.07, 6.45) is 3.44. The standard InChI is InChI=1S/C28H20N2OS/c31-26(28-29-25-13-7-8-14-27(25)32-28)20-17-21-15-18-24(19-16-21)30(22-9-3-1-4-10-22)23-11-5-2-6-12-23/h1-20H/b20-17+. The van der Waals surface area contributed by atoms with E-state index >= 15 is 0 Å². The Morgan fingerprint density at radius 1 is 0.688 bits per heavy atom. The molecule has 32 heavy (non-hydrogen) atoms. The summed E-state index contributed by atoms with van der Waals surface area (Å²) in [7, 11) is 0. The molecule has 0 aliphatic rings. The van der Waals surface area contributed by atoms with E-state index in [1.165, 1.54) is 11.3 Å². The van der Waals surface area contributed by atoms with Crippen LogP contribution in [0.25, 0.3) is 16.3 Å². The van der Waals surface area contributed by atoms with Crippen LogP contribution < -0.4 is 4.90 Å². The molecule has 0 atom stereocenters. The molecule has 0 amide bonds. The second kappa shape index (κ2) is 9.00. The summed E-state index contributed by atoms with van der Waals surface area (Å²) in [6, 6.07) is 36.6. The smallest absolute Gasteiger partial charge is 0.214 e. The molecular weight excluding hydrogens is 412 g/mol. The Bertz CT molecular complexity index is 1300. The normalized spacial score (nSPS) is 11.1. The van der Waals surface area contributed by atoms with Crippen LogP contribution in [0.3, 0.4) is 0 Å². The number of anilines is 3. The third kappa shape index (κ3) is 4.22. The zero-order valence-corrected chi connectivity index (χ0v) is 18.1. The first-order chi connectivity index (χ1) is 15.8. The SMILES string of the molecule is O=C(/C=C/c1ccc(N(c2ccccc2)c2ccccc2)cc1)c1nc2ccccc2s1. The molecule has 3 nitrogen and oxygen atoms in total. The minimum Gasteiger partial charge on any atom is -0.311 e. The zero-order valence-electron chi connectivity index (χ0n) is 17.3. The molecule has 0 saturated carbocycles. The van der Waals surface area contributed by atoms with Gasteiger partial charge in [0.1, 0.15) is 0 Å². The highest BCUT2D eigenvalue weighted by Gasteiger charge is 2.12. The second-order valence-electron chi connectivity index (χ2n) is 7.28. The van der Waals surface area contributed by atoms with Gasteiger partial charge in [0.15, 0.2) is 5.01 Å². The number of nitrogens with zero attached hydrogens (tertiary/aromatic N) is 2. The fourth-order valence-electron chi connectivity index (χ4n) is 3.56. The van der Waals surface area contributed by atoms with E-state index in [1.807, 2.05) is 78.9 Å². The van der Waals surface area contributed by atoms with E-state index in [9.17, 15) is 4.79 Å². The summed E-state index contributed by atoms with van der Waals surface area (Å²) < 4.78 is 1.02. The van der Waals surface area contributed by atoms with Gasteiger partial charge in [0, 0.05) is 17.1 Å². The van der Waals surface area contributed by atoms with Crippen molar-refractivity contribution in [3.63, 3.8) is 0 Å². The van der Waals surface area contributed by atoms with Gasteiger partial charge in [-0.15, -0.1) is 11.3 Å². The van der Waals surface area contributed by atoms with Crippen LogP contribution >= 0.6 is 11.3 Å². The lowest BCUT2D eigenvalue weighted by Gasteiger charge is -2.25. The average Bonchev–Trinajstić information content (AvgIpc) is 3.29. The third-order valence-electron chi connectivity index (χ3n) is 5.11. The molecule has 0 spiro atoms.